The number of carboxylic acid groups (broad SMARTS) is 1. The molecule has 2 heterocycles. The Hall–Kier alpha value is -2.32. The minimum absolute atomic E-state index is 0.0974. The van der Waals surface area contributed by atoms with E-state index < -0.39 is 23.9 Å². The molecule has 0 aromatic rings. The monoisotopic (exact) mass is 298 g/mol. The Balaban J connectivity index is 2.14. The van der Waals surface area contributed by atoms with Crippen molar-refractivity contribution >= 4 is 23.8 Å². The number of likely N-dealkylation sites (N-methyl/N-ethyl adjacent to an activating group) is 1. The van der Waals surface area contributed by atoms with Crippen LogP contribution in [0, 0.1) is 0 Å². The molecule has 2 N–H and O–H groups in total. The van der Waals surface area contributed by atoms with Gasteiger partial charge in [0.1, 0.15) is 19.1 Å². The highest BCUT2D eigenvalue weighted by Gasteiger charge is 2.38. The smallest absolute Gasteiger partial charge is 0.328 e. The number of aliphatic carboxylic acids is 1. The first-order chi connectivity index (χ1) is 9.90. The Morgan fingerprint density at radius 1 is 1.24 bits per heavy atom. The van der Waals surface area contributed by atoms with Crippen molar-refractivity contribution in [3.8, 4) is 0 Å². The van der Waals surface area contributed by atoms with Gasteiger partial charge in [-0.3, -0.25) is 14.5 Å². The van der Waals surface area contributed by atoms with Gasteiger partial charge in [0.25, 0.3) is 0 Å². The van der Waals surface area contributed by atoms with Gasteiger partial charge in [-0.15, -0.1) is 0 Å². The van der Waals surface area contributed by atoms with Gasteiger partial charge < -0.3 is 20.2 Å². The third-order valence-electron chi connectivity index (χ3n) is 3.66. The molecule has 2 rings (SSSR count). The van der Waals surface area contributed by atoms with Gasteiger partial charge in [-0.1, -0.05) is 0 Å². The summed E-state index contributed by atoms with van der Waals surface area (Å²) in [4.78, 5) is 50.7. The van der Waals surface area contributed by atoms with E-state index >= 15 is 0 Å². The molecule has 1 unspecified atom stereocenters. The Morgan fingerprint density at radius 3 is 2.62 bits per heavy atom. The van der Waals surface area contributed by atoms with E-state index in [0.717, 1.165) is 4.90 Å². The van der Waals surface area contributed by atoms with Gasteiger partial charge in [-0.2, -0.15) is 0 Å². The van der Waals surface area contributed by atoms with Gasteiger partial charge in [-0.25, -0.2) is 9.59 Å². The summed E-state index contributed by atoms with van der Waals surface area (Å²) in [7, 11) is 1.66. The topological polar surface area (TPSA) is 110 Å². The lowest BCUT2D eigenvalue weighted by molar-refractivity contribution is -0.144. The van der Waals surface area contributed by atoms with Crippen LogP contribution < -0.4 is 5.32 Å². The molecule has 0 aliphatic carbocycles. The fourth-order valence-electron chi connectivity index (χ4n) is 2.39. The van der Waals surface area contributed by atoms with Crippen LogP contribution in [-0.4, -0.2) is 89.4 Å². The molecular formula is C12H18N4O5. The highest BCUT2D eigenvalue weighted by Crippen LogP contribution is 2.11. The van der Waals surface area contributed by atoms with Crippen molar-refractivity contribution in [1.82, 2.24) is 20.0 Å². The molecule has 9 nitrogen and oxygen atoms in total. The van der Waals surface area contributed by atoms with Crippen LogP contribution in [0.1, 0.15) is 6.42 Å². The molecule has 2 saturated heterocycles. The fourth-order valence-corrected chi connectivity index (χ4v) is 2.39. The van der Waals surface area contributed by atoms with Crippen molar-refractivity contribution in [3.63, 3.8) is 0 Å². The number of carboxylic acids is 1. The maximum absolute atomic E-state index is 12.5. The Bertz CT molecular complexity index is 480. The predicted molar refractivity (Wildman–Crippen MR) is 70.4 cm³/mol. The molecule has 0 aromatic heterocycles. The van der Waals surface area contributed by atoms with E-state index in [0.29, 0.717) is 19.5 Å². The molecule has 1 atom stereocenters. The maximum Gasteiger partial charge on any atom is 0.328 e. The molecule has 0 saturated carbocycles. The summed E-state index contributed by atoms with van der Waals surface area (Å²) in [6.45, 7) is 0.378. The minimum Gasteiger partial charge on any atom is -0.480 e. The van der Waals surface area contributed by atoms with Gasteiger partial charge >= 0.3 is 12.0 Å². The highest BCUT2D eigenvalue weighted by atomic mass is 16.4. The number of hydrogen-bond donors (Lipinski definition) is 2. The molecule has 2 fully saturated rings. The van der Waals surface area contributed by atoms with Crippen molar-refractivity contribution in [3.05, 3.63) is 0 Å². The molecule has 0 aromatic carbocycles. The SMILES string of the molecule is CN1CCCN(C(=O)N2CC(=O)NCC2C(=O)O)CC1=O. The molecule has 21 heavy (non-hydrogen) atoms. The van der Waals surface area contributed by atoms with Crippen LogP contribution >= 0.6 is 0 Å². The first-order valence-corrected chi connectivity index (χ1v) is 6.69. The number of carbonyl (C=O) groups is 4. The molecule has 0 bridgehead atoms. The molecular weight excluding hydrogens is 280 g/mol. The highest BCUT2D eigenvalue weighted by molar-refractivity contribution is 5.92. The van der Waals surface area contributed by atoms with E-state index in [4.69, 9.17) is 5.11 Å². The van der Waals surface area contributed by atoms with Crippen LogP contribution in [-0.2, 0) is 14.4 Å². The summed E-state index contributed by atoms with van der Waals surface area (Å²) < 4.78 is 0. The number of nitrogens with zero attached hydrogens (tertiary/aromatic N) is 3. The normalized spacial score (nSPS) is 23.7. The fraction of sp³-hybridized carbons (Fsp3) is 0.667. The number of hydrogen-bond acceptors (Lipinski definition) is 4. The zero-order valence-electron chi connectivity index (χ0n) is 11.7. The lowest BCUT2D eigenvalue weighted by atomic mass is 10.2. The van der Waals surface area contributed by atoms with Crippen molar-refractivity contribution in [2.24, 2.45) is 0 Å². The number of rotatable bonds is 1. The van der Waals surface area contributed by atoms with Crippen molar-refractivity contribution in [2.45, 2.75) is 12.5 Å². The van der Waals surface area contributed by atoms with E-state index in [1.807, 2.05) is 0 Å². The van der Waals surface area contributed by atoms with E-state index in [2.05, 4.69) is 5.32 Å². The maximum atomic E-state index is 12.5. The van der Waals surface area contributed by atoms with Crippen molar-refractivity contribution < 1.29 is 24.3 Å². The lowest BCUT2D eigenvalue weighted by Gasteiger charge is -2.36. The van der Waals surface area contributed by atoms with E-state index in [1.165, 1.54) is 9.80 Å². The summed E-state index contributed by atoms with van der Waals surface area (Å²) in [5.74, 6) is -1.78. The van der Waals surface area contributed by atoms with Gasteiger partial charge in [0.15, 0.2) is 0 Å². The lowest BCUT2D eigenvalue weighted by Crippen LogP contribution is -2.62. The zero-order valence-corrected chi connectivity index (χ0v) is 11.7. The minimum atomic E-state index is -1.18. The second-order valence-corrected chi connectivity index (χ2v) is 5.16. The van der Waals surface area contributed by atoms with Gasteiger partial charge in [0.2, 0.25) is 11.8 Å². The third kappa shape index (κ3) is 3.23. The Kier molecular flexibility index (Phi) is 4.29. The summed E-state index contributed by atoms with van der Waals surface area (Å²) >= 11 is 0. The number of nitrogens with one attached hydrogen (secondary N) is 1. The second-order valence-electron chi connectivity index (χ2n) is 5.16. The molecule has 116 valence electrons. The Labute approximate surface area is 121 Å². The molecule has 0 radical (unpaired) electrons. The summed E-state index contributed by atoms with van der Waals surface area (Å²) in [5, 5.41) is 11.6. The predicted octanol–water partition coefficient (Wildman–Crippen LogP) is -1.84. The van der Waals surface area contributed by atoms with Crippen LogP contribution in [0.25, 0.3) is 0 Å². The number of amides is 4. The first-order valence-electron chi connectivity index (χ1n) is 6.69. The number of carbonyl (C=O) groups excluding carboxylic acids is 3. The number of piperazine rings is 1. The van der Waals surface area contributed by atoms with E-state index in [9.17, 15) is 19.2 Å². The molecule has 2 aliphatic heterocycles. The molecule has 9 heteroatoms. The second kappa shape index (κ2) is 5.98. The van der Waals surface area contributed by atoms with Crippen LogP contribution in [0.2, 0.25) is 0 Å². The van der Waals surface area contributed by atoms with Crippen LogP contribution in [0.5, 0.6) is 0 Å². The van der Waals surface area contributed by atoms with Crippen molar-refractivity contribution in [2.75, 3.05) is 39.8 Å². The van der Waals surface area contributed by atoms with Crippen LogP contribution in [0.15, 0.2) is 0 Å². The zero-order chi connectivity index (χ0) is 15.6. The number of urea groups is 1. The summed E-state index contributed by atoms with van der Waals surface area (Å²) in [6.07, 6.45) is 0.617. The van der Waals surface area contributed by atoms with E-state index in [-0.39, 0.29) is 25.5 Å². The summed E-state index contributed by atoms with van der Waals surface area (Å²) in [5.41, 5.74) is 0. The Morgan fingerprint density at radius 2 is 1.95 bits per heavy atom. The van der Waals surface area contributed by atoms with Gasteiger partial charge in [0.05, 0.1) is 0 Å². The first kappa shape index (κ1) is 15.1. The van der Waals surface area contributed by atoms with Crippen LogP contribution in [0.3, 0.4) is 0 Å². The molecule has 2 aliphatic rings. The van der Waals surface area contributed by atoms with Gasteiger partial charge in [-0.05, 0) is 6.42 Å². The third-order valence-corrected chi connectivity index (χ3v) is 3.66. The average molecular weight is 298 g/mol. The van der Waals surface area contributed by atoms with Crippen molar-refractivity contribution in [1.29, 1.82) is 0 Å². The van der Waals surface area contributed by atoms with Crippen LogP contribution in [0.4, 0.5) is 4.79 Å². The van der Waals surface area contributed by atoms with E-state index in [1.54, 1.807) is 7.05 Å². The summed E-state index contributed by atoms with van der Waals surface area (Å²) in [6, 6.07) is -1.69. The largest absolute Gasteiger partial charge is 0.480 e. The average Bonchev–Trinajstić information content (AvgIpc) is 2.60. The quantitative estimate of drug-likeness (QED) is 0.591. The standard InChI is InChI=1S/C12H18N4O5/c1-14-3-2-4-15(7-10(14)18)12(21)16-6-9(17)13-5-8(16)11(19)20/h8H,2-7H2,1H3,(H,13,17)(H,19,20). The molecule has 0 spiro atoms. The van der Waals surface area contributed by atoms with Gasteiger partial charge in [0, 0.05) is 26.7 Å². The molecule has 4 amide bonds.